The molecule has 0 radical (unpaired) electrons. The van der Waals surface area contributed by atoms with Gasteiger partial charge >= 0.3 is 0 Å². The lowest BCUT2D eigenvalue weighted by Crippen LogP contribution is -2.53. The molecule has 3 unspecified atom stereocenters. The lowest BCUT2D eigenvalue weighted by atomic mass is 9.85. The maximum Gasteiger partial charge on any atom is 0.239 e. The Labute approximate surface area is 133 Å². The molecule has 1 aliphatic carbocycles. The molecule has 2 heterocycles. The third kappa shape index (κ3) is 3.89. The normalized spacial score (nSPS) is 33.4. The Kier molecular flexibility index (Phi) is 6.29. The minimum Gasteiger partial charge on any atom is -0.395 e. The molecule has 3 fully saturated rings. The quantitative estimate of drug-likeness (QED) is 0.794. The van der Waals surface area contributed by atoms with E-state index in [1.807, 2.05) is 4.90 Å². The number of fused-ring (bicyclic) bond motifs is 1. The number of aliphatic hydroxyl groups is 1. The summed E-state index contributed by atoms with van der Waals surface area (Å²) in [5.74, 6) is 1.04. The number of hydrogen-bond donors (Lipinski definition) is 2. The fourth-order valence-corrected chi connectivity index (χ4v) is 4.06. The van der Waals surface area contributed by atoms with Gasteiger partial charge in [0.05, 0.1) is 12.6 Å². The maximum absolute atomic E-state index is 12.6. The van der Waals surface area contributed by atoms with Crippen LogP contribution in [-0.2, 0) is 4.79 Å². The van der Waals surface area contributed by atoms with Crippen LogP contribution in [0.5, 0.6) is 0 Å². The van der Waals surface area contributed by atoms with E-state index in [0.717, 1.165) is 45.1 Å². The molecule has 2 saturated heterocycles. The molecule has 0 spiro atoms. The minimum absolute atomic E-state index is 0. The number of amides is 1. The predicted octanol–water partition coefficient (Wildman–Crippen LogP) is 0.465. The van der Waals surface area contributed by atoms with Gasteiger partial charge in [-0.15, -0.1) is 12.4 Å². The van der Waals surface area contributed by atoms with Crippen LogP contribution in [-0.4, -0.2) is 72.2 Å². The third-order valence-electron chi connectivity index (χ3n) is 5.26. The van der Waals surface area contributed by atoms with Crippen molar-refractivity contribution in [2.24, 2.45) is 5.92 Å². The summed E-state index contributed by atoms with van der Waals surface area (Å²) in [6, 6.07) is 0.654. The van der Waals surface area contributed by atoms with Crippen LogP contribution in [0.25, 0.3) is 0 Å². The molecule has 3 aliphatic rings. The Bertz CT molecular complexity index is 334. The molecule has 6 heteroatoms. The van der Waals surface area contributed by atoms with E-state index < -0.39 is 0 Å². The summed E-state index contributed by atoms with van der Waals surface area (Å²) in [5.41, 5.74) is 0. The summed E-state index contributed by atoms with van der Waals surface area (Å²) in [6.07, 6.45) is 6.24. The van der Waals surface area contributed by atoms with Gasteiger partial charge in [-0.05, 0) is 25.2 Å². The average Bonchev–Trinajstić information content (AvgIpc) is 2.91. The van der Waals surface area contributed by atoms with Crippen LogP contribution in [0.2, 0.25) is 0 Å². The highest BCUT2D eigenvalue weighted by Gasteiger charge is 2.40. The molecule has 3 atom stereocenters. The Balaban J connectivity index is 0.00000161. The van der Waals surface area contributed by atoms with Gasteiger partial charge in [-0.3, -0.25) is 9.69 Å². The van der Waals surface area contributed by atoms with E-state index in [9.17, 15) is 4.79 Å². The zero-order valence-corrected chi connectivity index (χ0v) is 13.5. The highest BCUT2D eigenvalue weighted by molar-refractivity contribution is 5.85. The largest absolute Gasteiger partial charge is 0.395 e. The molecule has 0 aromatic rings. The number of carbonyl (C=O) groups is 1. The molecule has 2 N–H and O–H groups in total. The van der Waals surface area contributed by atoms with Gasteiger partial charge in [0, 0.05) is 38.8 Å². The first-order chi connectivity index (χ1) is 9.78. The maximum atomic E-state index is 12.6. The van der Waals surface area contributed by atoms with Crippen molar-refractivity contribution in [2.75, 3.05) is 39.3 Å². The summed E-state index contributed by atoms with van der Waals surface area (Å²) in [4.78, 5) is 16.8. The van der Waals surface area contributed by atoms with Crippen molar-refractivity contribution in [3.8, 4) is 0 Å². The van der Waals surface area contributed by atoms with Crippen molar-refractivity contribution in [1.29, 1.82) is 0 Å². The number of rotatable bonds is 3. The van der Waals surface area contributed by atoms with Gasteiger partial charge in [-0.1, -0.05) is 12.8 Å². The van der Waals surface area contributed by atoms with Crippen LogP contribution in [0.15, 0.2) is 0 Å². The van der Waals surface area contributed by atoms with E-state index in [1.165, 1.54) is 25.7 Å². The van der Waals surface area contributed by atoms with E-state index in [1.54, 1.807) is 0 Å². The van der Waals surface area contributed by atoms with Crippen LogP contribution >= 0.6 is 12.4 Å². The number of hydrogen-bond acceptors (Lipinski definition) is 4. The molecule has 5 nitrogen and oxygen atoms in total. The van der Waals surface area contributed by atoms with Crippen molar-refractivity contribution in [3.05, 3.63) is 0 Å². The second-order valence-electron chi connectivity index (χ2n) is 6.50. The smallest absolute Gasteiger partial charge is 0.239 e. The third-order valence-corrected chi connectivity index (χ3v) is 5.26. The van der Waals surface area contributed by atoms with E-state index in [2.05, 4.69) is 10.2 Å². The fourth-order valence-electron chi connectivity index (χ4n) is 4.06. The predicted molar refractivity (Wildman–Crippen MR) is 84.6 cm³/mol. The molecule has 3 rings (SSSR count). The van der Waals surface area contributed by atoms with Gasteiger partial charge in [0.2, 0.25) is 5.91 Å². The number of aliphatic hydroxyl groups excluding tert-OH is 1. The number of piperazine rings is 1. The van der Waals surface area contributed by atoms with Crippen molar-refractivity contribution in [3.63, 3.8) is 0 Å². The fraction of sp³-hybridized carbons (Fsp3) is 0.933. The standard InChI is InChI=1S/C15H27N3O2.ClH/c19-10-9-17-5-7-18(8-6-17)15(20)14-11-12-3-1-2-4-13(12)16-14;/h12-14,16,19H,1-11H2;1H. The summed E-state index contributed by atoms with van der Waals surface area (Å²) in [6.45, 7) is 4.35. The molecule has 1 amide bonds. The highest BCUT2D eigenvalue weighted by atomic mass is 35.5. The zero-order valence-electron chi connectivity index (χ0n) is 12.7. The van der Waals surface area contributed by atoms with E-state index in [0.29, 0.717) is 11.9 Å². The molecule has 122 valence electrons. The second-order valence-corrected chi connectivity index (χ2v) is 6.50. The van der Waals surface area contributed by atoms with E-state index >= 15 is 0 Å². The molecular weight excluding hydrogens is 290 g/mol. The molecule has 0 aromatic carbocycles. The van der Waals surface area contributed by atoms with Crippen molar-refractivity contribution < 1.29 is 9.90 Å². The van der Waals surface area contributed by atoms with Crippen LogP contribution in [0.1, 0.15) is 32.1 Å². The van der Waals surface area contributed by atoms with Crippen LogP contribution in [0.3, 0.4) is 0 Å². The van der Waals surface area contributed by atoms with Gasteiger partial charge in [-0.25, -0.2) is 0 Å². The number of nitrogens with one attached hydrogen (secondary N) is 1. The van der Waals surface area contributed by atoms with Gasteiger partial charge in [-0.2, -0.15) is 0 Å². The Hall–Kier alpha value is -0.360. The second kappa shape index (κ2) is 7.77. The number of β-amino-alcohol motifs (C(OH)–C–C–N with tert-alkyl or cyclic N) is 1. The first-order valence-electron chi connectivity index (χ1n) is 8.16. The van der Waals surface area contributed by atoms with Crippen LogP contribution < -0.4 is 5.32 Å². The number of nitrogens with zero attached hydrogens (tertiary/aromatic N) is 2. The summed E-state index contributed by atoms with van der Waals surface area (Å²) >= 11 is 0. The monoisotopic (exact) mass is 317 g/mol. The van der Waals surface area contributed by atoms with Crippen LogP contribution in [0, 0.1) is 5.92 Å². The number of carbonyl (C=O) groups excluding carboxylic acids is 1. The topological polar surface area (TPSA) is 55.8 Å². The first kappa shape index (κ1) is 17.0. The molecule has 1 saturated carbocycles. The van der Waals surface area contributed by atoms with Crippen LogP contribution in [0.4, 0.5) is 0 Å². The minimum atomic E-state index is 0. The van der Waals surface area contributed by atoms with Gasteiger partial charge in [0.1, 0.15) is 0 Å². The first-order valence-corrected chi connectivity index (χ1v) is 8.16. The van der Waals surface area contributed by atoms with E-state index in [-0.39, 0.29) is 25.1 Å². The molecule has 0 aromatic heterocycles. The van der Waals surface area contributed by atoms with Crippen molar-refractivity contribution in [1.82, 2.24) is 15.1 Å². The van der Waals surface area contributed by atoms with Gasteiger partial charge < -0.3 is 15.3 Å². The molecular formula is C15H28ClN3O2. The van der Waals surface area contributed by atoms with E-state index in [4.69, 9.17) is 5.11 Å². The Morgan fingerprint density at radius 3 is 2.52 bits per heavy atom. The molecule has 0 bridgehead atoms. The Morgan fingerprint density at radius 2 is 1.86 bits per heavy atom. The summed E-state index contributed by atoms with van der Waals surface area (Å²) in [5, 5.41) is 12.5. The lowest BCUT2D eigenvalue weighted by Gasteiger charge is -2.35. The SMILES string of the molecule is Cl.O=C(C1CC2CCCCC2N1)N1CCN(CCO)CC1. The van der Waals surface area contributed by atoms with Gasteiger partial charge in [0.15, 0.2) is 0 Å². The highest BCUT2D eigenvalue weighted by Crippen LogP contribution is 2.33. The number of halogens is 1. The zero-order chi connectivity index (χ0) is 13.9. The Morgan fingerprint density at radius 1 is 1.14 bits per heavy atom. The average molecular weight is 318 g/mol. The van der Waals surface area contributed by atoms with Crippen molar-refractivity contribution >= 4 is 18.3 Å². The summed E-state index contributed by atoms with van der Waals surface area (Å²) in [7, 11) is 0. The van der Waals surface area contributed by atoms with Crippen molar-refractivity contribution in [2.45, 2.75) is 44.2 Å². The lowest BCUT2D eigenvalue weighted by molar-refractivity contribution is -0.135. The molecule has 2 aliphatic heterocycles. The van der Waals surface area contributed by atoms with Gasteiger partial charge in [0.25, 0.3) is 0 Å². The molecule has 21 heavy (non-hydrogen) atoms. The summed E-state index contributed by atoms with van der Waals surface area (Å²) < 4.78 is 0.